The van der Waals surface area contributed by atoms with Crippen LogP contribution in [0.4, 0.5) is 11.4 Å². The quantitative estimate of drug-likeness (QED) is 0.840. The highest BCUT2D eigenvalue weighted by atomic mass is 35.5. The van der Waals surface area contributed by atoms with E-state index in [9.17, 15) is 9.59 Å². The Kier molecular flexibility index (Phi) is 5.63. The number of hydrogen-bond donors (Lipinski definition) is 1. The van der Waals surface area contributed by atoms with Crippen LogP contribution in [0.15, 0.2) is 48.5 Å². The van der Waals surface area contributed by atoms with Gasteiger partial charge in [-0.05, 0) is 36.4 Å². The minimum Gasteiger partial charge on any atom is -0.495 e. The molecule has 1 aliphatic rings. The van der Waals surface area contributed by atoms with Crippen molar-refractivity contribution in [2.75, 3.05) is 43.5 Å². The first-order valence-corrected chi connectivity index (χ1v) is 8.70. The van der Waals surface area contributed by atoms with Crippen molar-refractivity contribution in [1.29, 1.82) is 0 Å². The summed E-state index contributed by atoms with van der Waals surface area (Å²) in [7, 11) is 1.64. The van der Waals surface area contributed by atoms with Crippen LogP contribution in [0.25, 0.3) is 0 Å². The molecule has 0 saturated carbocycles. The van der Waals surface area contributed by atoms with E-state index in [1.54, 1.807) is 36.3 Å². The maximum absolute atomic E-state index is 12.4. The largest absolute Gasteiger partial charge is 0.495 e. The average Bonchev–Trinajstić information content (AvgIpc) is 2.69. The Morgan fingerprint density at radius 2 is 1.65 bits per heavy atom. The van der Waals surface area contributed by atoms with Crippen molar-refractivity contribution >= 4 is 34.8 Å². The number of ether oxygens (including phenoxy) is 1. The molecule has 0 bridgehead atoms. The molecule has 0 aromatic heterocycles. The maximum atomic E-state index is 12.4. The molecule has 0 spiro atoms. The van der Waals surface area contributed by atoms with Crippen LogP contribution in [0.2, 0.25) is 5.02 Å². The molecule has 0 aliphatic carbocycles. The summed E-state index contributed by atoms with van der Waals surface area (Å²) in [5.74, 6) is -0.370. The Hall–Kier alpha value is -2.73. The van der Waals surface area contributed by atoms with Crippen molar-refractivity contribution in [2.24, 2.45) is 0 Å². The van der Waals surface area contributed by atoms with Gasteiger partial charge >= 0.3 is 11.8 Å². The topological polar surface area (TPSA) is 61.9 Å². The van der Waals surface area contributed by atoms with Gasteiger partial charge in [-0.3, -0.25) is 9.59 Å². The Morgan fingerprint density at radius 3 is 2.31 bits per heavy atom. The van der Waals surface area contributed by atoms with Gasteiger partial charge in [-0.25, -0.2) is 0 Å². The van der Waals surface area contributed by atoms with E-state index in [1.165, 1.54) is 0 Å². The van der Waals surface area contributed by atoms with Crippen LogP contribution in [0.3, 0.4) is 0 Å². The molecule has 0 unspecified atom stereocenters. The summed E-state index contributed by atoms with van der Waals surface area (Å²) < 4.78 is 5.39. The zero-order valence-corrected chi connectivity index (χ0v) is 15.2. The van der Waals surface area contributed by atoms with Crippen LogP contribution in [-0.2, 0) is 9.59 Å². The number of anilines is 2. The molecule has 2 amide bonds. The Balaban J connectivity index is 1.58. The molecule has 1 aliphatic heterocycles. The molecular weight excluding hydrogens is 354 g/mol. The van der Waals surface area contributed by atoms with Crippen LogP contribution in [0.1, 0.15) is 0 Å². The number of carbonyl (C=O) groups is 2. The number of halogens is 1. The van der Waals surface area contributed by atoms with Gasteiger partial charge < -0.3 is 19.9 Å². The first-order valence-electron chi connectivity index (χ1n) is 8.32. The van der Waals surface area contributed by atoms with E-state index in [0.29, 0.717) is 36.9 Å². The predicted molar refractivity (Wildman–Crippen MR) is 102 cm³/mol. The number of amides is 2. The first-order chi connectivity index (χ1) is 12.6. The van der Waals surface area contributed by atoms with E-state index in [4.69, 9.17) is 16.3 Å². The summed E-state index contributed by atoms with van der Waals surface area (Å²) in [4.78, 5) is 28.3. The zero-order chi connectivity index (χ0) is 18.5. The van der Waals surface area contributed by atoms with Gasteiger partial charge in [-0.15, -0.1) is 0 Å². The van der Waals surface area contributed by atoms with E-state index in [1.807, 2.05) is 24.3 Å². The molecule has 1 saturated heterocycles. The highest BCUT2D eigenvalue weighted by Crippen LogP contribution is 2.28. The van der Waals surface area contributed by atoms with E-state index in [2.05, 4.69) is 10.2 Å². The standard InChI is InChI=1S/C19H20ClN3O3/c1-26-17-5-3-2-4-16(17)22-10-12-23(13-11-22)19(25)18(24)21-15-8-6-14(20)7-9-15/h2-9H,10-13H2,1H3,(H,21,24). The molecular formula is C19H20ClN3O3. The highest BCUT2D eigenvalue weighted by Gasteiger charge is 2.27. The van der Waals surface area contributed by atoms with Gasteiger partial charge in [0.25, 0.3) is 0 Å². The molecule has 3 rings (SSSR count). The maximum Gasteiger partial charge on any atom is 0.313 e. The van der Waals surface area contributed by atoms with Gasteiger partial charge in [0.15, 0.2) is 0 Å². The van der Waals surface area contributed by atoms with Crippen molar-refractivity contribution < 1.29 is 14.3 Å². The summed E-state index contributed by atoms with van der Waals surface area (Å²) in [5.41, 5.74) is 1.54. The monoisotopic (exact) mass is 373 g/mol. The van der Waals surface area contributed by atoms with Gasteiger partial charge in [0.2, 0.25) is 0 Å². The molecule has 0 radical (unpaired) electrons. The smallest absolute Gasteiger partial charge is 0.313 e. The third-order valence-corrected chi connectivity index (χ3v) is 4.54. The fourth-order valence-corrected chi connectivity index (χ4v) is 3.03. The summed E-state index contributed by atoms with van der Waals surface area (Å²) in [5, 5.41) is 3.18. The fraction of sp³-hybridized carbons (Fsp3) is 0.263. The second kappa shape index (κ2) is 8.10. The van der Waals surface area contributed by atoms with Crippen molar-refractivity contribution in [3.63, 3.8) is 0 Å². The second-order valence-electron chi connectivity index (χ2n) is 5.91. The van der Waals surface area contributed by atoms with E-state index < -0.39 is 11.8 Å². The van der Waals surface area contributed by atoms with Crippen LogP contribution in [0, 0.1) is 0 Å². The molecule has 2 aromatic rings. The molecule has 1 N–H and O–H groups in total. The second-order valence-corrected chi connectivity index (χ2v) is 6.35. The lowest BCUT2D eigenvalue weighted by Gasteiger charge is -2.36. The van der Waals surface area contributed by atoms with E-state index >= 15 is 0 Å². The molecule has 7 heteroatoms. The number of hydrogen-bond acceptors (Lipinski definition) is 4. The number of nitrogens with zero attached hydrogens (tertiary/aromatic N) is 2. The zero-order valence-electron chi connectivity index (χ0n) is 14.4. The normalized spacial score (nSPS) is 14.1. The summed E-state index contributed by atoms with van der Waals surface area (Å²) in [6.07, 6.45) is 0. The van der Waals surface area contributed by atoms with Crippen LogP contribution in [0.5, 0.6) is 5.75 Å². The van der Waals surface area contributed by atoms with E-state index in [-0.39, 0.29) is 0 Å². The third-order valence-electron chi connectivity index (χ3n) is 4.29. The molecule has 2 aromatic carbocycles. The minimum absolute atomic E-state index is 0.477. The number of methoxy groups -OCH3 is 1. The van der Waals surface area contributed by atoms with Crippen LogP contribution < -0.4 is 15.0 Å². The van der Waals surface area contributed by atoms with Crippen molar-refractivity contribution in [2.45, 2.75) is 0 Å². The molecule has 1 heterocycles. The Labute approximate surface area is 157 Å². The number of para-hydroxylation sites is 2. The lowest BCUT2D eigenvalue weighted by molar-refractivity contribution is -0.143. The lowest BCUT2D eigenvalue weighted by Crippen LogP contribution is -2.51. The van der Waals surface area contributed by atoms with E-state index in [0.717, 1.165) is 11.4 Å². The summed E-state index contributed by atoms with van der Waals surface area (Å²) in [6.45, 7) is 2.23. The highest BCUT2D eigenvalue weighted by molar-refractivity contribution is 6.39. The van der Waals surface area contributed by atoms with Gasteiger partial charge in [-0.2, -0.15) is 0 Å². The van der Waals surface area contributed by atoms with Crippen molar-refractivity contribution in [3.8, 4) is 5.75 Å². The molecule has 1 fully saturated rings. The van der Waals surface area contributed by atoms with Crippen LogP contribution >= 0.6 is 11.6 Å². The molecule has 26 heavy (non-hydrogen) atoms. The predicted octanol–water partition coefficient (Wildman–Crippen LogP) is 2.64. The number of carbonyl (C=O) groups excluding carboxylic acids is 2. The fourth-order valence-electron chi connectivity index (χ4n) is 2.90. The Morgan fingerprint density at radius 1 is 1.00 bits per heavy atom. The van der Waals surface area contributed by atoms with Crippen molar-refractivity contribution in [1.82, 2.24) is 4.90 Å². The molecule has 6 nitrogen and oxygen atoms in total. The van der Waals surface area contributed by atoms with Gasteiger partial charge in [0.05, 0.1) is 12.8 Å². The number of benzene rings is 2. The molecule has 136 valence electrons. The van der Waals surface area contributed by atoms with Crippen molar-refractivity contribution in [3.05, 3.63) is 53.6 Å². The number of piperazine rings is 1. The lowest BCUT2D eigenvalue weighted by atomic mass is 10.2. The minimum atomic E-state index is -0.641. The summed E-state index contributed by atoms with van der Waals surface area (Å²) >= 11 is 5.82. The van der Waals surface area contributed by atoms with Gasteiger partial charge in [-0.1, -0.05) is 23.7 Å². The van der Waals surface area contributed by atoms with Crippen LogP contribution in [-0.4, -0.2) is 50.0 Å². The SMILES string of the molecule is COc1ccccc1N1CCN(C(=O)C(=O)Nc2ccc(Cl)cc2)CC1. The van der Waals surface area contributed by atoms with Gasteiger partial charge in [0, 0.05) is 36.9 Å². The first kappa shape index (κ1) is 18.1. The average molecular weight is 374 g/mol. The Bertz CT molecular complexity index is 787. The number of nitrogens with one attached hydrogen (secondary N) is 1. The third kappa shape index (κ3) is 4.08. The summed E-state index contributed by atoms with van der Waals surface area (Å²) in [6, 6.07) is 14.4. The van der Waals surface area contributed by atoms with Gasteiger partial charge in [0.1, 0.15) is 5.75 Å². The number of rotatable bonds is 3. The molecule has 0 atom stereocenters.